The van der Waals surface area contributed by atoms with Crippen LogP contribution in [0.5, 0.6) is 5.75 Å². The topological polar surface area (TPSA) is 110 Å². The third-order valence-corrected chi connectivity index (χ3v) is 9.10. The van der Waals surface area contributed by atoms with Crippen LogP contribution in [0.15, 0.2) is 52.3 Å². The van der Waals surface area contributed by atoms with Crippen molar-refractivity contribution in [2.75, 3.05) is 39.5 Å². The summed E-state index contributed by atoms with van der Waals surface area (Å²) in [5.74, 6) is -1.04. The predicted octanol–water partition coefficient (Wildman–Crippen LogP) is 1.68. The first kappa shape index (κ1) is 23.2. The van der Waals surface area contributed by atoms with E-state index in [4.69, 9.17) is 4.74 Å². The lowest BCUT2D eigenvalue weighted by molar-refractivity contribution is 0.0947. The second kappa shape index (κ2) is 8.97. The molecule has 10 heteroatoms. The van der Waals surface area contributed by atoms with Crippen LogP contribution in [0, 0.1) is 0 Å². The van der Waals surface area contributed by atoms with Crippen molar-refractivity contribution in [3.63, 3.8) is 0 Å². The summed E-state index contributed by atoms with van der Waals surface area (Å²) in [6.45, 7) is 2.82. The van der Waals surface area contributed by atoms with E-state index in [2.05, 4.69) is 5.32 Å². The fraction of sp³-hybridized carbons (Fsp3) is 0.381. The molecule has 0 radical (unpaired) electrons. The zero-order valence-electron chi connectivity index (χ0n) is 17.7. The monoisotopic (exact) mass is 466 g/mol. The summed E-state index contributed by atoms with van der Waals surface area (Å²) >= 11 is 0. The van der Waals surface area contributed by atoms with Gasteiger partial charge in [-0.05, 0) is 45.3 Å². The lowest BCUT2D eigenvalue weighted by atomic mass is 10.1. The molecule has 2 aromatic rings. The molecule has 31 heavy (non-hydrogen) atoms. The van der Waals surface area contributed by atoms with E-state index in [-0.39, 0.29) is 33.3 Å². The first-order valence-corrected chi connectivity index (χ1v) is 13.0. The Bertz CT molecular complexity index is 1180. The average molecular weight is 467 g/mol. The van der Waals surface area contributed by atoms with Crippen LogP contribution in [-0.2, 0) is 19.7 Å². The number of likely N-dealkylation sites (N-methyl/N-ethyl adjacent to an activating group) is 1. The molecule has 1 atom stereocenters. The summed E-state index contributed by atoms with van der Waals surface area (Å²) in [5.41, 5.74) is 0.149. The number of hydrogen-bond donors (Lipinski definition) is 1. The molecule has 0 aliphatic carbocycles. The van der Waals surface area contributed by atoms with Gasteiger partial charge in [-0.15, -0.1) is 0 Å². The maximum absolute atomic E-state index is 13.3. The maximum Gasteiger partial charge on any atom is 0.255 e. The van der Waals surface area contributed by atoms with Gasteiger partial charge in [-0.1, -0.05) is 18.2 Å². The van der Waals surface area contributed by atoms with Crippen LogP contribution < -0.4 is 10.1 Å². The Balaban J connectivity index is 2.14. The number of nitrogens with zero attached hydrogens (tertiary/aromatic N) is 1. The summed E-state index contributed by atoms with van der Waals surface area (Å²) in [6.07, 6.45) is 0. The van der Waals surface area contributed by atoms with Crippen LogP contribution in [0.25, 0.3) is 0 Å². The number of carbonyl (C=O) groups excluding carboxylic acids is 1. The molecule has 1 aliphatic heterocycles. The van der Waals surface area contributed by atoms with E-state index < -0.39 is 36.6 Å². The third kappa shape index (κ3) is 4.60. The van der Waals surface area contributed by atoms with E-state index >= 15 is 0 Å². The van der Waals surface area contributed by atoms with Crippen LogP contribution >= 0.6 is 0 Å². The van der Waals surface area contributed by atoms with Gasteiger partial charge in [0.1, 0.15) is 11.0 Å². The van der Waals surface area contributed by atoms with Gasteiger partial charge in [0, 0.05) is 18.7 Å². The molecule has 0 spiro atoms. The first-order chi connectivity index (χ1) is 14.6. The molecule has 8 nitrogen and oxygen atoms in total. The molecular formula is C21H26N2O6S2. The zero-order valence-corrected chi connectivity index (χ0v) is 19.3. The van der Waals surface area contributed by atoms with Crippen molar-refractivity contribution in [3.05, 3.63) is 53.6 Å². The number of carbonyl (C=O) groups is 1. The smallest absolute Gasteiger partial charge is 0.255 e. The molecule has 1 aliphatic rings. The number of ether oxygens (including phenoxy) is 1. The van der Waals surface area contributed by atoms with Crippen LogP contribution in [0.1, 0.15) is 28.1 Å². The van der Waals surface area contributed by atoms with Crippen molar-refractivity contribution in [1.29, 1.82) is 0 Å². The number of fused-ring (bicyclic) bond motifs is 1. The van der Waals surface area contributed by atoms with Gasteiger partial charge in [0.05, 0.1) is 27.7 Å². The molecule has 0 saturated heterocycles. The number of hydrogen-bond acceptors (Lipinski definition) is 7. The van der Waals surface area contributed by atoms with E-state index in [1.165, 1.54) is 24.3 Å². The lowest BCUT2D eigenvalue weighted by Crippen LogP contribution is -2.31. The van der Waals surface area contributed by atoms with Crippen LogP contribution in [0.2, 0.25) is 0 Å². The van der Waals surface area contributed by atoms with Crippen molar-refractivity contribution in [2.45, 2.75) is 22.0 Å². The van der Waals surface area contributed by atoms with Gasteiger partial charge >= 0.3 is 0 Å². The number of nitrogens with one attached hydrogen (secondary N) is 1. The Morgan fingerprint density at radius 2 is 1.84 bits per heavy atom. The van der Waals surface area contributed by atoms with E-state index in [1.807, 2.05) is 19.0 Å². The molecule has 168 valence electrons. The summed E-state index contributed by atoms with van der Waals surface area (Å²) in [6, 6.07) is 10.4. The average Bonchev–Trinajstić information content (AvgIpc) is 3.01. The Kier molecular flexibility index (Phi) is 6.73. The van der Waals surface area contributed by atoms with Crippen LogP contribution in [0.4, 0.5) is 0 Å². The fourth-order valence-corrected chi connectivity index (χ4v) is 7.84. The Hall–Kier alpha value is -2.43. The molecule has 1 unspecified atom stereocenters. The number of sulfone groups is 2. The van der Waals surface area contributed by atoms with Crippen molar-refractivity contribution in [1.82, 2.24) is 10.2 Å². The van der Waals surface area contributed by atoms with Gasteiger partial charge < -0.3 is 15.0 Å². The molecular weight excluding hydrogens is 440 g/mol. The van der Waals surface area contributed by atoms with Gasteiger partial charge in [0.25, 0.3) is 5.91 Å². The standard InChI is InChI=1S/C21H26N2O6S2/c1-4-29-20-16(21(24)22-12-13-23(2)3)10-11-17-19(20)18(14-30(17,25)26)31(27,28)15-8-6-5-7-9-15/h5-11,18H,4,12-14H2,1-3H3,(H,22,24). The molecule has 0 aromatic heterocycles. The van der Waals surface area contributed by atoms with Crippen LogP contribution in [0.3, 0.4) is 0 Å². The summed E-state index contributed by atoms with van der Waals surface area (Å²) in [4.78, 5) is 14.6. The van der Waals surface area contributed by atoms with E-state index in [0.29, 0.717) is 13.1 Å². The van der Waals surface area contributed by atoms with Gasteiger partial charge in [0.2, 0.25) is 0 Å². The molecule has 2 aromatic carbocycles. The van der Waals surface area contributed by atoms with E-state index in [0.717, 1.165) is 0 Å². The molecule has 1 N–H and O–H groups in total. The van der Waals surface area contributed by atoms with Crippen molar-refractivity contribution in [2.24, 2.45) is 0 Å². The normalized spacial score (nSPS) is 17.4. The van der Waals surface area contributed by atoms with Gasteiger partial charge in [0.15, 0.2) is 19.7 Å². The maximum atomic E-state index is 13.3. The minimum atomic E-state index is -4.03. The molecule has 0 saturated carbocycles. The highest BCUT2D eigenvalue weighted by Gasteiger charge is 2.46. The summed E-state index contributed by atoms with van der Waals surface area (Å²) < 4.78 is 58.0. The molecule has 0 bridgehead atoms. The summed E-state index contributed by atoms with van der Waals surface area (Å²) in [5, 5.41) is 1.41. The number of amides is 1. The highest BCUT2D eigenvalue weighted by atomic mass is 32.2. The highest BCUT2D eigenvalue weighted by Crippen LogP contribution is 2.47. The zero-order chi connectivity index (χ0) is 22.8. The molecule has 3 rings (SSSR count). The molecule has 1 amide bonds. The lowest BCUT2D eigenvalue weighted by Gasteiger charge is -2.19. The highest BCUT2D eigenvalue weighted by molar-refractivity contribution is 7.96. The Morgan fingerprint density at radius 1 is 1.16 bits per heavy atom. The van der Waals surface area contributed by atoms with Crippen molar-refractivity contribution >= 4 is 25.6 Å². The number of benzene rings is 2. The largest absolute Gasteiger partial charge is 0.493 e. The minimum absolute atomic E-state index is 0.00735. The predicted molar refractivity (Wildman–Crippen MR) is 117 cm³/mol. The second-order valence-corrected chi connectivity index (χ2v) is 11.6. The Morgan fingerprint density at radius 3 is 2.45 bits per heavy atom. The SMILES string of the molecule is CCOc1c(C(=O)NCCN(C)C)ccc2c1C(S(=O)(=O)c1ccccc1)CS2(=O)=O. The minimum Gasteiger partial charge on any atom is -0.493 e. The van der Waals surface area contributed by atoms with E-state index in [9.17, 15) is 21.6 Å². The van der Waals surface area contributed by atoms with Gasteiger partial charge in [-0.25, -0.2) is 16.8 Å². The quantitative estimate of drug-likeness (QED) is 0.630. The number of rotatable bonds is 8. The molecule has 0 fully saturated rings. The fourth-order valence-electron chi connectivity index (χ4n) is 3.52. The first-order valence-electron chi connectivity index (χ1n) is 9.84. The van der Waals surface area contributed by atoms with Gasteiger partial charge in [-0.3, -0.25) is 4.79 Å². The van der Waals surface area contributed by atoms with Crippen molar-refractivity contribution in [3.8, 4) is 5.75 Å². The Labute approximate surface area is 183 Å². The third-order valence-electron chi connectivity index (χ3n) is 5.01. The van der Waals surface area contributed by atoms with Crippen LogP contribution in [-0.4, -0.2) is 67.2 Å². The summed E-state index contributed by atoms with van der Waals surface area (Å²) in [7, 11) is -4.14. The van der Waals surface area contributed by atoms with Gasteiger partial charge in [-0.2, -0.15) is 0 Å². The van der Waals surface area contributed by atoms with E-state index in [1.54, 1.807) is 25.1 Å². The second-order valence-electron chi connectivity index (χ2n) is 7.47. The van der Waals surface area contributed by atoms with Crippen molar-refractivity contribution < 1.29 is 26.4 Å². The molecule has 1 heterocycles.